The number of anilines is 1. The van der Waals surface area contributed by atoms with Crippen LogP contribution in [0.1, 0.15) is 47.0 Å². The van der Waals surface area contributed by atoms with Crippen LogP contribution in [0.3, 0.4) is 0 Å². The second-order valence-corrected chi connectivity index (χ2v) is 5.86. The van der Waals surface area contributed by atoms with Gasteiger partial charge >= 0.3 is 0 Å². The lowest BCUT2D eigenvalue weighted by Gasteiger charge is -2.21. The van der Waals surface area contributed by atoms with Crippen molar-refractivity contribution in [2.24, 2.45) is 0 Å². The molecule has 0 atom stereocenters. The normalized spacial score (nSPS) is 10.5. The van der Waals surface area contributed by atoms with E-state index < -0.39 is 0 Å². The minimum Gasteiger partial charge on any atom is -0.489 e. The lowest BCUT2D eigenvalue weighted by molar-refractivity contribution is -0.132. The van der Waals surface area contributed by atoms with Crippen LogP contribution < -0.4 is 10.1 Å². The Morgan fingerprint density at radius 1 is 1.22 bits per heavy atom. The average molecular weight is 320 g/mol. The quantitative estimate of drug-likeness (QED) is 0.709. The number of carbonyl (C=O) groups excluding carboxylic acids is 2. The fourth-order valence-corrected chi connectivity index (χ4v) is 2.19. The topological polar surface area (TPSA) is 58.6 Å². The molecule has 0 saturated heterocycles. The van der Waals surface area contributed by atoms with Crippen LogP contribution in [-0.4, -0.2) is 35.9 Å². The summed E-state index contributed by atoms with van der Waals surface area (Å²) in [5, 5.41) is 2.83. The standard InChI is InChI=1S/C18H28N2O3/c1-5-6-9-12-20(15(4)21)13-18(22)19-16-10-7-8-11-17(16)23-14(2)3/h7-8,10-11,14H,5-6,9,12-13H2,1-4H3,(H,19,22). The monoisotopic (exact) mass is 320 g/mol. The van der Waals surface area contributed by atoms with E-state index >= 15 is 0 Å². The highest BCUT2D eigenvalue weighted by molar-refractivity contribution is 5.95. The molecule has 1 aromatic carbocycles. The summed E-state index contributed by atoms with van der Waals surface area (Å²) >= 11 is 0. The van der Waals surface area contributed by atoms with Crippen LogP contribution in [0, 0.1) is 0 Å². The maximum Gasteiger partial charge on any atom is 0.244 e. The molecule has 0 aliphatic heterocycles. The van der Waals surface area contributed by atoms with Gasteiger partial charge in [-0.1, -0.05) is 31.9 Å². The van der Waals surface area contributed by atoms with E-state index in [1.165, 1.54) is 6.92 Å². The van der Waals surface area contributed by atoms with Gasteiger partial charge in [0.05, 0.1) is 18.3 Å². The lowest BCUT2D eigenvalue weighted by Crippen LogP contribution is -2.37. The Morgan fingerprint density at radius 2 is 1.91 bits per heavy atom. The Labute approximate surface area is 139 Å². The smallest absolute Gasteiger partial charge is 0.244 e. The van der Waals surface area contributed by atoms with Crippen molar-refractivity contribution in [1.82, 2.24) is 4.90 Å². The van der Waals surface area contributed by atoms with Crippen LogP contribution >= 0.6 is 0 Å². The van der Waals surface area contributed by atoms with E-state index in [0.29, 0.717) is 18.0 Å². The number of rotatable bonds is 9. The molecule has 0 unspecified atom stereocenters. The first-order chi connectivity index (χ1) is 10.9. The zero-order chi connectivity index (χ0) is 17.2. The zero-order valence-corrected chi connectivity index (χ0v) is 14.6. The molecule has 5 heteroatoms. The number of para-hydroxylation sites is 2. The summed E-state index contributed by atoms with van der Waals surface area (Å²) in [5.41, 5.74) is 0.628. The number of amides is 2. The molecule has 0 saturated carbocycles. The molecule has 0 fully saturated rings. The van der Waals surface area contributed by atoms with Crippen LogP contribution in [0.25, 0.3) is 0 Å². The van der Waals surface area contributed by atoms with E-state index in [1.54, 1.807) is 11.0 Å². The highest BCUT2D eigenvalue weighted by Crippen LogP contribution is 2.24. The SMILES string of the molecule is CCCCCN(CC(=O)Nc1ccccc1OC(C)C)C(C)=O. The predicted octanol–water partition coefficient (Wildman–Crippen LogP) is 3.45. The van der Waals surface area contributed by atoms with E-state index in [4.69, 9.17) is 4.74 Å². The molecule has 0 aromatic heterocycles. The molecule has 0 spiro atoms. The second kappa shape index (κ2) is 9.87. The van der Waals surface area contributed by atoms with Crippen molar-refractivity contribution >= 4 is 17.5 Å². The summed E-state index contributed by atoms with van der Waals surface area (Å²) in [6, 6.07) is 7.32. The van der Waals surface area contributed by atoms with E-state index in [2.05, 4.69) is 12.2 Å². The van der Waals surface area contributed by atoms with Gasteiger partial charge in [-0.05, 0) is 32.4 Å². The van der Waals surface area contributed by atoms with Crippen LogP contribution in [0.4, 0.5) is 5.69 Å². The zero-order valence-electron chi connectivity index (χ0n) is 14.6. The van der Waals surface area contributed by atoms with E-state index in [9.17, 15) is 9.59 Å². The van der Waals surface area contributed by atoms with Crippen molar-refractivity contribution in [2.45, 2.75) is 53.1 Å². The number of hydrogen-bond acceptors (Lipinski definition) is 3. The molecule has 5 nitrogen and oxygen atoms in total. The number of unbranched alkanes of at least 4 members (excludes halogenated alkanes) is 2. The maximum absolute atomic E-state index is 12.2. The molecule has 1 aromatic rings. The number of benzene rings is 1. The fraction of sp³-hybridized carbons (Fsp3) is 0.556. The molecule has 1 N–H and O–H groups in total. The van der Waals surface area contributed by atoms with Crippen LogP contribution in [-0.2, 0) is 9.59 Å². The number of hydrogen-bond donors (Lipinski definition) is 1. The largest absolute Gasteiger partial charge is 0.489 e. The van der Waals surface area contributed by atoms with Gasteiger partial charge < -0.3 is 15.0 Å². The molecule has 0 aliphatic rings. The summed E-state index contributed by atoms with van der Waals surface area (Å²) in [4.78, 5) is 25.5. The third-order valence-electron chi connectivity index (χ3n) is 3.34. The van der Waals surface area contributed by atoms with Gasteiger partial charge in [-0.2, -0.15) is 0 Å². The maximum atomic E-state index is 12.2. The number of carbonyl (C=O) groups is 2. The number of ether oxygens (including phenoxy) is 1. The van der Waals surface area contributed by atoms with Crippen LogP contribution in [0.2, 0.25) is 0 Å². The third-order valence-corrected chi connectivity index (χ3v) is 3.34. The van der Waals surface area contributed by atoms with E-state index in [0.717, 1.165) is 19.3 Å². The highest BCUT2D eigenvalue weighted by Gasteiger charge is 2.15. The molecular weight excluding hydrogens is 292 g/mol. The summed E-state index contributed by atoms with van der Waals surface area (Å²) < 4.78 is 5.68. The van der Waals surface area contributed by atoms with Gasteiger partial charge in [-0.25, -0.2) is 0 Å². The van der Waals surface area contributed by atoms with Gasteiger partial charge in [-0.15, -0.1) is 0 Å². The van der Waals surface area contributed by atoms with Gasteiger partial charge in [0.25, 0.3) is 0 Å². The number of nitrogens with zero attached hydrogens (tertiary/aromatic N) is 1. The highest BCUT2D eigenvalue weighted by atomic mass is 16.5. The van der Waals surface area contributed by atoms with Crippen molar-refractivity contribution in [3.8, 4) is 5.75 Å². The van der Waals surface area contributed by atoms with Crippen molar-refractivity contribution in [2.75, 3.05) is 18.4 Å². The van der Waals surface area contributed by atoms with Crippen LogP contribution in [0.5, 0.6) is 5.75 Å². The first-order valence-corrected chi connectivity index (χ1v) is 8.25. The van der Waals surface area contributed by atoms with Gasteiger partial charge in [0.15, 0.2) is 0 Å². The molecule has 0 radical (unpaired) electrons. The lowest BCUT2D eigenvalue weighted by atomic mass is 10.2. The fourth-order valence-electron chi connectivity index (χ4n) is 2.19. The van der Waals surface area contributed by atoms with E-state index in [-0.39, 0.29) is 24.5 Å². The molecule has 2 amide bonds. The number of nitrogens with one attached hydrogen (secondary N) is 1. The van der Waals surface area contributed by atoms with Gasteiger partial charge in [0.1, 0.15) is 5.75 Å². The summed E-state index contributed by atoms with van der Waals surface area (Å²) in [5.74, 6) is 0.343. The summed E-state index contributed by atoms with van der Waals surface area (Å²) in [6.07, 6.45) is 3.07. The van der Waals surface area contributed by atoms with Crippen molar-refractivity contribution in [3.63, 3.8) is 0 Å². The van der Waals surface area contributed by atoms with Crippen molar-refractivity contribution in [3.05, 3.63) is 24.3 Å². The minimum atomic E-state index is -0.212. The Hall–Kier alpha value is -2.04. The van der Waals surface area contributed by atoms with E-state index in [1.807, 2.05) is 32.0 Å². The molecule has 1 rings (SSSR count). The Bertz CT molecular complexity index is 515. The molecule has 0 aliphatic carbocycles. The Kier molecular flexibility index (Phi) is 8.16. The summed E-state index contributed by atoms with van der Waals surface area (Å²) in [6.45, 7) is 8.15. The molecule has 23 heavy (non-hydrogen) atoms. The van der Waals surface area contributed by atoms with Crippen molar-refractivity contribution in [1.29, 1.82) is 0 Å². The summed E-state index contributed by atoms with van der Waals surface area (Å²) in [7, 11) is 0. The predicted molar refractivity (Wildman–Crippen MR) is 92.6 cm³/mol. The molecule has 0 heterocycles. The molecule has 0 bridgehead atoms. The minimum absolute atomic E-state index is 0.0239. The van der Waals surface area contributed by atoms with Gasteiger partial charge in [0, 0.05) is 13.5 Å². The van der Waals surface area contributed by atoms with Gasteiger partial charge in [0.2, 0.25) is 11.8 Å². The Balaban J connectivity index is 2.65. The first-order valence-electron chi connectivity index (χ1n) is 8.25. The third kappa shape index (κ3) is 7.17. The second-order valence-electron chi connectivity index (χ2n) is 5.86. The molecular formula is C18H28N2O3. The Morgan fingerprint density at radius 3 is 2.52 bits per heavy atom. The average Bonchev–Trinajstić information content (AvgIpc) is 2.47. The van der Waals surface area contributed by atoms with Crippen molar-refractivity contribution < 1.29 is 14.3 Å². The molecule has 128 valence electrons. The van der Waals surface area contributed by atoms with Crippen LogP contribution in [0.15, 0.2) is 24.3 Å². The van der Waals surface area contributed by atoms with Gasteiger partial charge in [-0.3, -0.25) is 9.59 Å². The first kappa shape index (κ1) is 19.0.